The van der Waals surface area contributed by atoms with Gasteiger partial charge in [0.1, 0.15) is 0 Å². The van der Waals surface area contributed by atoms with Crippen molar-refractivity contribution in [2.24, 2.45) is 0 Å². The Morgan fingerprint density at radius 3 is 2.48 bits per heavy atom. The van der Waals surface area contributed by atoms with Crippen LogP contribution in [0.1, 0.15) is 41.3 Å². The molecule has 3 N–H and O–H groups in total. The summed E-state index contributed by atoms with van der Waals surface area (Å²) < 4.78 is 11.0. The predicted molar refractivity (Wildman–Crippen MR) is 113 cm³/mol. The molecule has 7 heteroatoms. The fourth-order valence-electron chi connectivity index (χ4n) is 2.68. The molecule has 0 aromatic heterocycles. The van der Waals surface area contributed by atoms with Gasteiger partial charge >= 0.3 is 0 Å². The number of carbonyl (C=O) groups excluding carboxylic acids is 2. The van der Waals surface area contributed by atoms with Gasteiger partial charge in [0, 0.05) is 11.3 Å². The van der Waals surface area contributed by atoms with Crippen LogP contribution < -0.4 is 25.6 Å². The standard InChI is InChI=1S/C22H29N3O4/c1-5-6-11-29-19-10-8-17(13-20(19)28-4)22(27)25-24-21(26)14-23-18-9-7-15(2)12-16(18)3/h7-10,12-13,23H,5-6,11,14H2,1-4H3,(H,24,26)(H,25,27). The molecule has 156 valence electrons. The lowest BCUT2D eigenvalue weighted by Crippen LogP contribution is -2.44. The molecule has 7 nitrogen and oxygen atoms in total. The van der Waals surface area contributed by atoms with Gasteiger partial charge in [0.15, 0.2) is 11.5 Å². The summed E-state index contributed by atoms with van der Waals surface area (Å²) in [5.41, 5.74) is 8.25. The van der Waals surface area contributed by atoms with Crippen LogP contribution in [0.4, 0.5) is 5.69 Å². The topological polar surface area (TPSA) is 88.7 Å². The molecule has 0 aliphatic heterocycles. The largest absolute Gasteiger partial charge is 0.493 e. The maximum atomic E-state index is 12.3. The van der Waals surface area contributed by atoms with Gasteiger partial charge in [-0.25, -0.2) is 0 Å². The fourth-order valence-corrected chi connectivity index (χ4v) is 2.68. The predicted octanol–water partition coefficient (Wildman–Crippen LogP) is 3.36. The van der Waals surface area contributed by atoms with E-state index < -0.39 is 5.91 Å². The van der Waals surface area contributed by atoms with E-state index in [2.05, 4.69) is 23.1 Å². The number of nitrogens with one attached hydrogen (secondary N) is 3. The average molecular weight is 399 g/mol. The molecule has 0 saturated carbocycles. The molecule has 2 aromatic rings. The van der Waals surface area contributed by atoms with Crippen LogP contribution in [0.25, 0.3) is 0 Å². The molecule has 2 amide bonds. The van der Waals surface area contributed by atoms with Crippen molar-refractivity contribution in [3.63, 3.8) is 0 Å². The van der Waals surface area contributed by atoms with E-state index in [1.807, 2.05) is 32.0 Å². The van der Waals surface area contributed by atoms with Crippen molar-refractivity contribution in [2.45, 2.75) is 33.6 Å². The molecule has 0 saturated heterocycles. The first-order chi connectivity index (χ1) is 13.9. The van der Waals surface area contributed by atoms with Crippen LogP contribution in [0.5, 0.6) is 11.5 Å². The first-order valence-electron chi connectivity index (χ1n) is 9.65. The number of aryl methyl sites for hydroxylation is 2. The highest BCUT2D eigenvalue weighted by Crippen LogP contribution is 2.28. The van der Waals surface area contributed by atoms with Gasteiger partial charge in [-0.1, -0.05) is 31.0 Å². The summed E-state index contributed by atoms with van der Waals surface area (Å²) in [5, 5.41) is 3.05. The van der Waals surface area contributed by atoms with Crippen molar-refractivity contribution < 1.29 is 19.1 Å². The summed E-state index contributed by atoms with van der Waals surface area (Å²) in [4.78, 5) is 24.3. The van der Waals surface area contributed by atoms with E-state index in [0.29, 0.717) is 23.7 Å². The SMILES string of the molecule is CCCCOc1ccc(C(=O)NNC(=O)CNc2ccc(C)cc2C)cc1OC. The summed E-state index contributed by atoms with van der Waals surface area (Å²) in [6.45, 7) is 6.69. The van der Waals surface area contributed by atoms with Gasteiger partial charge in [0.05, 0.1) is 20.3 Å². The molecule has 0 heterocycles. The molecule has 0 aliphatic rings. The van der Waals surface area contributed by atoms with E-state index in [0.717, 1.165) is 29.7 Å². The zero-order valence-corrected chi connectivity index (χ0v) is 17.4. The lowest BCUT2D eigenvalue weighted by molar-refractivity contribution is -0.120. The van der Waals surface area contributed by atoms with Crippen molar-refractivity contribution in [1.29, 1.82) is 0 Å². The Morgan fingerprint density at radius 1 is 1.00 bits per heavy atom. The van der Waals surface area contributed by atoms with E-state index in [1.165, 1.54) is 7.11 Å². The molecular formula is C22H29N3O4. The van der Waals surface area contributed by atoms with E-state index >= 15 is 0 Å². The van der Waals surface area contributed by atoms with Crippen LogP contribution >= 0.6 is 0 Å². The molecule has 0 bridgehead atoms. The lowest BCUT2D eigenvalue weighted by Gasteiger charge is -2.13. The highest BCUT2D eigenvalue weighted by atomic mass is 16.5. The van der Waals surface area contributed by atoms with Crippen LogP contribution in [-0.2, 0) is 4.79 Å². The second-order valence-electron chi connectivity index (χ2n) is 6.74. The van der Waals surface area contributed by atoms with Gasteiger partial charge in [0.2, 0.25) is 0 Å². The minimum Gasteiger partial charge on any atom is -0.493 e. The molecule has 0 fully saturated rings. The van der Waals surface area contributed by atoms with E-state index in [4.69, 9.17) is 9.47 Å². The quantitative estimate of drug-likeness (QED) is 0.444. The Kier molecular flexibility index (Phi) is 8.33. The molecule has 0 aliphatic carbocycles. The number of hydrogen-bond donors (Lipinski definition) is 3. The second-order valence-corrected chi connectivity index (χ2v) is 6.74. The van der Waals surface area contributed by atoms with Crippen LogP contribution in [0.3, 0.4) is 0 Å². The Hall–Kier alpha value is -3.22. The minimum absolute atomic E-state index is 0.0394. The first kappa shape index (κ1) is 22.1. The highest BCUT2D eigenvalue weighted by Gasteiger charge is 2.12. The number of unbranched alkanes of at least 4 members (excludes halogenated alkanes) is 1. The van der Waals surface area contributed by atoms with Crippen LogP contribution in [0, 0.1) is 13.8 Å². The first-order valence-corrected chi connectivity index (χ1v) is 9.65. The molecule has 0 unspecified atom stereocenters. The summed E-state index contributed by atoms with van der Waals surface area (Å²) in [6.07, 6.45) is 1.97. The van der Waals surface area contributed by atoms with Crippen molar-refractivity contribution in [3.8, 4) is 11.5 Å². The fraction of sp³-hybridized carbons (Fsp3) is 0.364. The van der Waals surface area contributed by atoms with Gasteiger partial charge in [-0.15, -0.1) is 0 Å². The monoisotopic (exact) mass is 399 g/mol. The van der Waals surface area contributed by atoms with Crippen molar-refractivity contribution in [3.05, 3.63) is 53.1 Å². The summed E-state index contributed by atoms with van der Waals surface area (Å²) in [5.74, 6) is 0.254. The molecule has 0 radical (unpaired) electrons. The minimum atomic E-state index is -0.441. The summed E-state index contributed by atoms with van der Waals surface area (Å²) in [6, 6.07) is 10.8. The lowest BCUT2D eigenvalue weighted by atomic mass is 10.1. The van der Waals surface area contributed by atoms with E-state index in [-0.39, 0.29) is 12.5 Å². The maximum absolute atomic E-state index is 12.3. The molecule has 2 rings (SSSR count). The number of hydrogen-bond acceptors (Lipinski definition) is 5. The van der Waals surface area contributed by atoms with Gasteiger partial charge in [-0.2, -0.15) is 0 Å². The van der Waals surface area contributed by atoms with Crippen LogP contribution in [-0.4, -0.2) is 32.1 Å². The third-order valence-corrected chi connectivity index (χ3v) is 4.32. The number of anilines is 1. The molecule has 29 heavy (non-hydrogen) atoms. The zero-order valence-electron chi connectivity index (χ0n) is 17.4. The van der Waals surface area contributed by atoms with Crippen molar-refractivity contribution in [2.75, 3.05) is 25.6 Å². The zero-order chi connectivity index (χ0) is 21.2. The van der Waals surface area contributed by atoms with Gasteiger partial charge in [0.25, 0.3) is 11.8 Å². The van der Waals surface area contributed by atoms with Crippen molar-refractivity contribution in [1.82, 2.24) is 10.9 Å². The number of carbonyl (C=O) groups is 2. The van der Waals surface area contributed by atoms with Crippen LogP contribution in [0.15, 0.2) is 36.4 Å². The Labute approximate surface area is 171 Å². The smallest absolute Gasteiger partial charge is 0.269 e. The number of rotatable bonds is 9. The molecule has 2 aromatic carbocycles. The van der Waals surface area contributed by atoms with Crippen LogP contribution in [0.2, 0.25) is 0 Å². The number of ether oxygens (including phenoxy) is 2. The second kappa shape index (κ2) is 10.9. The Balaban J connectivity index is 1.86. The van der Waals surface area contributed by atoms with Gasteiger partial charge < -0.3 is 14.8 Å². The highest BCUT2D eigenvalue weighted by molar-refractivity contribution is 5.96. The maximum Gasteiger partial charge on any atom is 0.269 e. The normalized spacial score (nSPS) is 10.2. The van der Waals surface area contributed by atoms with Crippen molar-refractivity contribution >= 4 is 17.5 Å². The Morgan fingerprint density at radius 2 is 1.79 bits per heavy atom. The van der Waals surface area contributed by atoms with E-state index in [9.17, 15) is 9.59 Å². The number of methoxy groups -OCH3 is 1. The third kappa shape index (κ3) is 6.71. The average Bonchev–Trinajstić information content (AvgIpc) is 2.71. The molecule has 0 spiro atoms. The number of benzene rings is 2. The van der Waals surface area contributed by atoms with E-state index in [1.54, 1.807) is 18.2 Å². The molecule has 0 atom stereocenters. The number of amides is 2. The van der Waals surface area contributed by atoms with Gasteiger partial charge in [-0.05, 0) is 50.1 Å². The number of hydrazine groups is 1. The Bertz CT molecular complexity index is 852. The summed E-state index contributed by atoms with van der Waals surface area (Å²) >= 11 is 0. The molecular weight excluding hydrogens is 370 g/mol. The van der Waals surface area contributed by atoms with Gasteiger partial charge in [-0.3, -0.25) is 20.4 Å². The third-order valence-electron chi connectivity index (χ3n) is 4.32. The summed E-state index contributed by atoms with van der Waals surface area (Å²) in [7, 11) is 1.52.